The van der Waals surface area contributed by atoms with E-state index in [4.69, 9.17) is 4.74 Å². The molecule has 0 N–H and O–H groups in total. The number of hydrogen-bond acceptors (Lipinski definition) is 2. The number of hydrogen-bond donors (Lipinski definition) is 0. The van der Waals surface area contributed by atoms with Crippen LogP contribution in [0.4, 0.5) is 0 Å². The lowest BCUT2D eigenvalue weighted by Crippen LogP contribution is -2.34. The molecule has 0 bridgehead atoms. The average molecular weight is 225 g/mol. The van der Waals surface area contributed by atoms with E-state index in [1.54, 1.807) is 0 Å². The Labute approximate surface area is 100 Å². The Kier molecular flexibility index (Phi) is 5.11. The van der Waals surface area contributed by atoms with Gasteiger partial charge in [-0.15, -0.1) is 0 Å². The molecule has 0 spiro atoms. The van der Waals surface area contributed by atoms with Crippen LogP contribution in [-0.2, 0) is 4.74 Å². The van der Waals surface area contributed by atoms with Crippen molar-refractivity contribution in [1.29, 1.82) is 0 Å². The van der Waals surface area contributed by atoms with Gasteiger partial charge in [-0.05, 0) is 63.6 Å². The first kappa shape index (κ1) is 12.4. The summed E-state index contributed by atoms with van der Waals surface area (Å²) in [5, 5.41) is 0. The van der Waals surface area contributed by atoms with E-state index in [0.717, 1.165) is 25.0 Å². The van der Waals surface area contributed by atoms with E-state index < -0.39 is 0 Å². The first-order valence-electron chi connectivity index (χ1n) is 7.18. The summed E-state index contributed by atoms with van der Waals surface area (Å²) >= 11 is 0. The molecule has 0 aromatic carbocycles. The van der Waals surface area contributed by atoms with Crippen molar-refractivity contribution >= 4 is 0 Å². The zero-order chi connectivity index (χ0) is 11.2. The number of likely N-dealkylation sites (tertiary alicyclic amines) is 1. The van der Waals surface area contributed by atoms with E-state index in [2.05, 4.69) is 11.8 Å². The van der Waals surface area contributed by atoms with Gasteiger partial charge in [-0.25, -0.2) is 0 Å². The molecule has 2 heteroatoms. The van der Waals surface area contributed by atoms with E-state index in [1.807, 2.05) is 0 Å². The van der Waals surface area contributed by atoms with Crippen LogP contribution in [0.15, 0.2) is 0 Å². The van der Waals surface area contributed by atoms with Gasteiger partial charge in [0.25, 0.3) is 0 Å². The Balaban J connectivity index is 1.53. The fourth-order valence-electron chi connectivity index (χ4n) is 3.03. The van der Waals surface area contributed by atoms with Crippen molar-refractivity contribution in [1.82, 2.24) is 4.90 Å². The Morgan fingerprint density at radius 2 is 1.94 bits per heavy atom. The molecule has 2 fully saturated rings. The van der Waals surface area contributed by atoms with Crippen molar-refractivity contribution in [3.8, 4) is 0 Å². The molecule has 94 valence electrons. The van der Waals surface area contributed by atoms with Crippen LogP contribution in [0.25, 0.3) is 0 Å². The third-order valence-electron chi connectivity index (χ3n) is 4.40. The molecule has 2 nitrogen and oxygen atoms in total. The summed E-state index contributed by atoms with van der Waals surface area (Å²) in [5.74, 6) is 1.88. The maximum absolute atomic E-state index is 5.41. The fourth-order valence-corrected chi connectivity index (χ4v) is 3.03. The third kappa shape index (κ3) is 3.74. The topological polar surface area (TPSA) is 12.5 Å². The second kappa shape index (κ2) is 6.61. The summed E-state index contributed by atoms with van der Waals surface area (Å²) < 4.78 is 5.41. The Morgan fingerprint density at radius 3 is 2.56 bits per heavy atom. The summed E-state index contributed by atoms with van der Waals surface area (Å²) in [7, 11) is 0. The van der Waals surface area contributed by atoms with E-state index in [-0.39, 0.29) is 0 Å². The predicted octanol–water partition coefficient (Wildman–Crippen LogP) is 2.93. The van der Waals surface area contributed by atoms with Crippen LogP contribution in [-0.4, -0.2) is 37.7 Å². The molecular weight excluding hydrogens is 198 g/mol. The first-order chi connectivity index (χ1) is 7.88. The maximum Gasteiger partial charge on any atom is 0.0495 e. The van der Waals surface area contributed by atoms with Crippen molar-refractivity contribution in [2.24, 2.45) is 11.8 Å². The van der Waals surface area contributed by atoms with Gasteiger partial charge in [0, 0.05) is 13.2 Å². The van der Waals surface area contributed by atoms with Crippen LogP contribution < -0.4 is 0 Å². The van der Waals surface area contributed by atoms with Crippen LogP contribution in [0, 0.1) is 11.8 Å². The predicted molar refractivity (Wildman–Crippen MR) is 67.6 cm³/mol. The van der Waals surface area contributed by atoms with Gasteiger partial charge >= 0.3 is 0 Å². The highest BCUT2D eigenvalue weighted by Crippen LogP contribution is 2.22. The summed E-state index contributed by atoms with van der Waals surface area (Å²) in [6.45, 7) is 8.39. The molecule has 1 unspecified atom stereocenters. The van der Waals surface area contributed by atoms with Gasteiger partial charge < -0.3 is 9.64 Å². The first-order valence-corrected chi connectivity index (χ1v) is 7.18. The molecule has 0 radical (unpaired) electrons. The monoisotopic (exact) mass is 225 g/mol. The highest BCUT2D eigenvalue weighted by molar-refractivity contribution is 4.72. The van der Waals surface area contributed by atoms with Crippen LogP contribution in [0.3, 0.4) is 0 Å². The highest BCUT2D eigenvalue weighted by Gasteiger charge is 2.19. The van der Waals surface area contributed by atoms with Crippen molar-refractivity contribution < 1.29 is 4.74 Å². The molecule has 1 atom stereocenters. The lowest BCUT2D eigenvalue weighted by Gasteiger charge is -2.31. The lowest BCUT2D eigenvalue weighted by atomic mass is 9.94. The van der Waals surface area contributed by atoms with Gasteiger partial charge in [-0.2, -0.15) is 0 Å². The molecule has 2 rings (SSSR count). The zero-order valence-corrected chi connectivity index (χ0v) is 10.8. The maximum atomic E-state index is 5.41. The SMILES string of the molecule is CCC1CCN(CCCC2CCOC2)CC1. The molecule has 2 aliphatic rings. The minimum atomic E-state index is 0.869. The zero-order valence-electron chi connectivity index (χ0n) is 10.8. The van der Waals surface area contributed by atoms with Crippen molar-refractivity contribution in [3.05, 3.63) is 0 Å². The fraction of sp³-hybridized carbons (Fsp3) is 1.00. The molecule has 0 amide bonds. The van der Waals surface area contributed by atoms with E-state index in [1.165, 1.54) is 58.2 Å². The summed E-state index contributed by atoms with van der Waals surface area (Å²) in [5.41, 5.74) is 0. The van der Waals surface area contributed by atoms with Gasteiger partial charge in [-0.3, -0.25) is 0 Å². The van der Waals surface area contributed by atoms with Gasteiger partial charge in [0.05, 0.1) is 0 Å². The Morgan fingerprint density at radius 1 is 1.12 bits per heavy atom. The Bertz CT molecular complexity index is 181. The normalized spacial score (nSPS) is 28.7. The van der Waals surface area contributed by atoms with Crippen LogP contribution in [0.5, 0.6) is 0 Å². The van der Waals surface area contributed by atoms with Gasteiger partial charge in [-0.1, -0.05) is 13.3 Å². The quantitative estimate of drug-likeness (QED) is 0.713. The van der Waals surface area contributed by atoms with Crippen molar-refractivity contribution in [3.63, 3.8) is 0 Å². The standard InChI is InChI=1S/C14H27NO/c1-2-13-5-9-15(10-6-13)8-3-4-14-7-11-16-12-14/h13-14H,2-12H2,1H3. The molecule has 2 saturated heterocycles. The minimum Gasteiger partial charge on any atom is -0.381 e. The molecule has 0 aliphatic carbocycles. The summed E-state index contributed by atoms with van der Waals surface area (Å²) in [6.07, 6.45) is 8.32. The second-order valence-electron chi connectivity index (χ2n) is 5.57. The van der Waals surface area contributed by atoms with Crippen LogP contribution in [0.1, 0.15) is 45.4 Å². The molecule has 0 aromatic rings. The lowest BCUT2D eigenvalue weighted by molar-refractivity contribution is 0.168. The third-order valence-corrected chi connectivity index (χ3v) is 4.40. The summed E-state index contributed by atoms with van der Waals surface area (Å²) in [6, 6.07) is 0. The molecular formula is C14H27NO. The van der Waals surface area contributed by atoms with Crippen molar-refractivity contribution in [2.75, 3.05) is 32.8 Å². The molecule has 0 saturated carbocycles. The molecule has 16 heavy (non-hydrogen) atoms. The Hall–Kier alpha value is -0.0800. The van der Waals surface area contributed by atoms with Gasteiger partial charge in [0.1, 0.15) is 0 Å². The largest absolute Gasteiger partial charge is 0.381 e. The van der Waals surface area contributed by atoms with Gasteiger partial charge in [0.2, 0.25) is 0 Å². The molecule has 0 aromatic heterocycles. The number of rotatable bonds is 5. The number of nitrogens with zero attached hydrogens (tertiary/aromatic N) is 1. The number of ether oxygens (including phenoxy) is 1. The highest BCUT2D eigenvalue weighted by atomic mass is 16.5. The van der Waals surface area contributed by atoms with E-state index in [9.17, 15) is 0 Å². The van der Waals surface area contributed by atoms with E-state index >= 15 is 0 Å². The van der Waals surface area contributed by atoms with Crippen LogP contribution >= 0.6 is 0 Å². The van der Waals surface area contributed by atoms with Crippen LogP contribution in [0.2, 0.25) is 0 Å². The van der Waals surface area contributed by atoms with Crippen molar-refractivity contribution in [2.45, 2.75) is 45.4 Å². The van der Waals surface area contributed by atoms with E-state index in [0.29, 0.717) is 0 Å². The smallest absolute Gasteiger partial charge is 0.0495 e. The molecule has 2 aliphatic heterocycles. The minimum absolute atomic E-state index is 0.869. The second-order valence-corrected chi connectivity index (χ2v) is 5.57. The summed E-state index contributed by atoms with van der Waals surface area (Å²) in [4.78, 5) is 2.67. The average Bonchev–Trinajstić information content (AvgIpc) is 2.83. The molecule has 2 heterocycles. The number of piperidine rings is 1. The van der Waals surface area contributed by atoms with Gasteiger partial charge in [0.15, 0.2) is 0 Å².